The summed E-state index contributed by atoms with van der Waals surface area (Å²) in [5.41, 5.74) is 5.91. The van der Waals surface area contributed by atoms with Gasteiger partial charge in [-0.2, -0.15) is 11.8 Å². The van der Waals surface area contributed by atoms with Gasteiger partial charge >= 0.3 is 0 Å². The first-order chi connectivity index (χ1) is 7.43. The molecule has 0 heterocycles. The molecule has 1 unspecified atom stereocenters. The minimum atomic E-state index is -0.346. The Morgan fingerprint density at radius 3 is 2.38 bits per heavy atom. The molecule has 0 rings (SSSR count). The van der Waals surface area contributed by atoms with E-state index in [2.05, 4.69) is 27.0 Å². The molecule has 0 aliphatic rings. The molecule has 0 aliphatic heterocycles. The summed E-state index contributed by atoms with van der Waals surface area (Å²) >= 11 is 1.77. The second-order valence-electron chi connectivity index (χ2n) is 4.70. The average molecular weight is 246 g/mol. The Morgan fingerprint density at radius 2 is 2.00 bits per heavy atom. The van der Waals surface area contributed by atoms with E-state index in [0.717, 1.165) is 18.6 Å². The maximum absolute atomic E-state index is 12.0. The highest BCUT2D eigenvalue weighted by Crippen LogP contribution is 2.12. The third kappa shape index (κ3) is 5.21. The van der Waals surface area contributed by atoms with E-state index in [4.69, 9.17) is 5.73 Å². The normalized spacial score (nSPS) is 14.9. The first kappa shape index (κ1) is 15.8. The first-order valence-electron chi connectivity index (χ1n) is 5.95. The maximum Gasteiger partial charge on any atom is 0.239 e. The smallest absolute Gasteiger partial charge is 0.239 e. The van der Waals surface area contributed by atoms with Gasteiger partial charge in [0.05, 0.1) is 6.04 Å². The molecule has 0 aliphatic carbocycles. The number of hydrogen-bond acceptors (Lipinski definition) is 3. The van der Waals surface area contributed by atoms with Crippen LogP contribution in [0.1, 0.15) is 33.6 Å². The van der Waals surface area contributed by atoms with Gasteiger partial charge in [-0.3, -0.25) is 4.79 Å². The topological polar surface area (TPSA) is 46.3 Å². The number of nitrogens with two attached hydrogens (primary N) is 1. The molecule has 0 radical (unpaired) electrons. The van der Waals surface area contributed by atoms with Crippen molar-refractivity contribution in [1.82, 2.24) is 4.90 Å². The van der Waals surface area contributed by atoms with Crippen molar-refractivity contribution in [2.24, 2.45) is 11.7 Å². The molecule has 0 spiro atoms. The molecule has 96 valence electrons. The lowest BCUT2D eigenvalue weighted by molar-refractivity contribution is -0.133. The Labute approximate surface area is 104 Å². The molecule has 3 nitrogen and oxygen atoms in total. The fourth-order valence-electron chi connectivity index (χ4n) is 1.75. The number of thioether (sulfide) groups is 1. The van der Waals surface area contributed by atoms with Crippen molar-refractivity contribution in [3.63, 3.8) is 0 Å². The van der Waals surface area contributed by atoms with E-state index in [1.54, 1.807) is 11.8 Å². The fourth-order valence-corrected chi connectivity index (χ4v) is 2.59. The summed E-state index contributed by atoms with van der Waals surface area (Å²) in [5, 5.41) is 0. The second-order valence-corrected chi connectivity index (χ2v) is 5.61. The Kier molecular flexibility index (Phi) is 7.85. The zero-order valence-electron chi connectivity index (χ0n) is 11.2. The third-order valence-corrected chi connectivity index (χ3v) is 3.49. The largest absolute Gasteiger partial charge is 0.341 e. The number of carbonyl (C=O) groups is 1. The molecule has 0 bridgehead atoms. The molecular formula is C12H26N2OS. The average Bonchev–Trinajstić information content (AvgIpc) is 2.22. The van der Waals surface area contributed by atoms with Crippen LogP contribution >= 0.6 is 11.8 Å². The van der Waals surface area contributed by atoms with Crippen molar-refractivity contribution >= 4 is 17.7 Å². The van der Waals surface area contributed by atoms with E-state index in [0.29, 0.717) is 12.0 Å². The molecule has 16 heavy (non-hydrogen) atoms. The number of carbonyl (C=O) groups excluding carboxylic acids is 1. The van der Waals surface area contributed by atoms with E-state index >= 15 is 0 Å². The fraction of sp³-hybridized carbons (Fsp3) is 0.917. The Hall–Kier alpha value is -0.220. The van der Waals surface area contributed by atoms with E-state index in [1.807, 2.05) is 11.9 Å². The van der Waals surface area contributed by atoms with Gasteiger partial charge in [-0.25, -0.2) is 0 Å². The lowest BCUT2D eigenvalue weighted by atomic mass is 10.0. The minimum absolute atomic E-state index is 0.0783. The van der Waals surface area contributed by atoms with Crippen LogP contribution in [0.5, 0.6) is 0 Å². The van der Waals surface area contributed by atoms with Crippen molar-refractivity contribution in [3.05, 3.63) is 0 Å². The zero-order chi connectivity index (χ0) is 12.7. The van der Waals surface area contributed by atoms with Gasteiger partial charge in [-0.1, -0.05) is 20.8 Å². The highest BCUT2D eigenvalue weighted by Gasteiger charge is 2.23. The molecule has 0 aromatic rings. The van der Waals surface area contributed by atoms with Gasteiger partial charge in [0.1, 0.15) is 0 Å². The van der Waals surface area contributed by atoms with Crippen LogP contribution in [0, 0.1) is 5.92 Å². The van der Waals surface area contributed by atoms with Gasteiger partial charge in [0.2, 0.25) is 5.91 Å². The molecule has 1 amide bonds. The van der Waals surface area contributed by atoms with Gasteiger partial charge < -0.3 is 10.6 Å². The number of nitrogens with zero attached hydrogens (tertiary/aromatic N) is 1. The predicted octanol–water partition coefficient (Wildman–Crippen LogP) is 1.96. The molecule has 0 fully saturated rings. The molecule has 4 heteroatoms. The Morgan fingerprint density at radius 1 is 1.44 bits per heavy atom. The number of amides is 1. The van der Waals surface area contributed by atoms with Gasteiger partial charge in [-0.05, 0) is 25.0 Å². The standard InChI is InChI=1S/C12H26N2OS/c1-6-10(8-16-5)14(4)12(15)11(13)7-9(2)3/h9-11H,6-8,13H2,1-5H3/t10?,11-/m1/s1. The van der Waals surface area contributed by atoms with Crippen molar-refractivity contribution in [1.29, 1.82) is 0 Å². The van der Waals surface area contributed by atoms with Gasteiger partial charge in [0, 0.05) is 18.8 Å². The van der Waals surface area contributed by atoms with E-state index in [-0.39, 0.29) is 11.9 Å². The summed E-state index contributed by atoms with van der Waals surface area (Å²) in [6, 6.07) is -0.0402. The monoisotopic (exact) mass is 246 g/mol. The van der Waals surface area contributed by atoms with E-state index < -0.39 is 0 Å². The van der Waals surface area contributed by atoms with Crippen LogP contribution in [0.4, 0.5) is 0 Å². The van der Waals surface area contributed by atoms with Crippen LogP contribution in [-0.2, 0) is 4.79 Å². The van der Waals surface area contributed by atoms with Crippen molar-refractivity contribution in [3.8, 4) is 0 Å². The number of hydrogen-bond donors (Lipinski definition) is 1. The highest BCUT2D eigenvalue weighted by atomic mass is 32.2. The van der Waals surface area contributed by atoms with Gasteiger partial charge in [0.25, 0.3) is 0 Å². The number of likely N-dealkylation sites (N-methyl/N-ethyl adjacent to an activating group) is 1. The summed E-state index contributed by atoms with van der Waals surface area (Å²) in [5.74, 6) is 1.52. The molecule has 0 saturated carbocycles. The quantitative estimate of drug-likeness (QED) is 0.747. The first-order valence-corrected chi connectivity index (χ1v) is 7.34. The third-order valence-electron chi connectivity index (χ3n) is 2.77. The van der Waals surface area contributed by atoms with Crippen LogP contribution in [0.15, 0.2) is 0 Å². The molecular weight excluding hydrogens is 220 g/mol. The summed E-state index contributed by atoms with van der Waals surface area (Å²) in [6.07, 6.45) is 3.81. The molecule has 0 aromatic carbocycles. The summed E-state index contributed by atoms with van der Waals surface area (Å²) in [4.78, 5) is 13.9. The van der Waals surface area contributed by atoms with Crippen LogP contribution in [-0.4, -0.2) is 41.9 Å². The summed E-state index contributed by atoms with van der Waals surface area (Å²) in [7, 11) is 1.87. The Bertz CT molecular complexity index is 209. The van der Waals surface area contributed by atoms with Crippen molar-refractivity contribution in [2.75, 3.05) is 19.1 Å². The van der Waals surface area contributed by atoms with Crippen molar-refractivity contribution < 1.29 is 4.79 Å². The molecule has 0 saturated heterocycles. The van der Waals surface area contributed by atoms with E-state index in [9.17, 15) is 4.79 Å². The van der Waals surface area contributed by atoms with Crippen LogP contribution in [0.3, 0.4) is 0 Å². The Balaban J connectivity index is 4.33. The van der Waals surface area contributed by atoms with Crippen LogP contribution < -0.4 is 5.73 Å². The molecule has 0 aromatic heterocycles. The maximum atomic E-state index is 12.0. The zero-order valence-corrected chi connectivity index (χ0v) is 12.0. The summed E-state index contributed by atoms with van der Waals surface area (Å²) < 4.78 is 0. The van der Waals surface area contributed by atoms with Crippen LogP contribution in [0.2, 0.25) is 0 Å². The lowest BCUT2D eigenvalue weighted by Crippen LogP contribution is -2.47. The molecule has 2 atom stereocenters. The van der Waals surface area contributed by atoms with Crippen molar-refractivity contribution in [2.45, 2.75) is 45.7 Å². The molecule has 2 N–H and O–H groups in total. The van der Waals surface area contributed by atoms with E-state index in [1.165, 1.54) is 0 Å². The summed E-state index contributed by atoms with van der Waals surface area (Å²) in [6.45, 7) is 6.29. The predicted molar refractivity (Wildman–Crippen MR) is 72.7 cm³/mol. The highest BCUT2D eigenvalue weighted by molar-refractivity contribution is 7.98. The van der Waals surface area contributed by atoms with Gasteiger partial charge in [0.15, 0.2) is 0 Å². The SMILES string of the molecule is CCC(CSC)N(C)C(=O)[C@H](N)CC(C)C. The number of rotatable bonds is 7. The van der Waals surface area contributed by atoms with Crippen LogP contribution in [0.25, 0.3) is 0 Å². The lowest BCUT2D eigenvalue weighted by Gasteiger charge is -2.29. The van der Waals surface area contributed by atoms with Gasteiger partial charge in [-0.15, -0.1) is 0 Å². The minimum Gasteiger partial charge on any atom is -0.341 e. The second kappa shape index (κ2) is 7.96.